The van der Waals surface area contributed by atoms with Crippen LogP contribution in [-0.4, -0.2) is 32.4 Å². The van der Waals surface area contributed by atoms with Gasteiger partial charge < -0.3 is 20.9 Å². The second kappa shape index (κ2) is 14.4. The van der Waals surface area contributed by atoms with Crippen LogP contribution < -0.4 is 20.9 Å². The Morgan fingerprint density at radius 1 is 0.658 bits per heavy atom. The Morgan fingerprint density at radius 3 is 1.34 bits per heavy atom. The van der Waals surface area contributed by atoms with Gasteiger partial charge in [-0.2, -0.15) is 9.97 Å². The van der Waals surface area contributed by atoms with Gasteiger partial charge in [-0.25, -0.2) is 9.97 Å². The van der Waals surface area contributed by atoms with E-state index in [9.17, 15) is 9.81 Å². The lowest BCUT2D eigenvalue weighted by Crippen LogP contribution is -2.02. The molecule has 12 nitrogen and oxygen atoms in total. The van der Waals surface area contributed by atoms with Crippen molar-refractivity contribution in [1.29, 1.82) is 0 Å². The lowest BCUT2D eigenvalue weighted by molar-refractivity contribution is 0.292. The van der Waals surface area contributed by atoms with Crippen LogP contribution in [-0.2, 0) is 13.2 Å². The Kier molecular flexibility index (Phi) is 10.7. The third-order valence-corrected chi connectivity index (χ3v) is 5.80. The second-order valence-electron chi connectivity index (χ2n) is 7.23. The molecule has 0 fully saturated rings. The van der Waals surface area contributed by atoms with E-state index in [1.54, 1.807) is 0 Å². The van der Waals surface area contributed by atoms with E-state index in [2.05, 4.69) is 30.3 Å². The van der Waals surface area contributed by atoms with Crippen LogP contribution in [0, 0.1) is 9.81 Å². The number of ether oxygens (including phenoxy) is 2. The highest BCUT2D eigenvalue weighted by molar-refractivity contribution is 7.98. The van der Waals surface area contributed by atoms with Gasteiger partial charge in [-0.05, 0) is 34.0 Å². The number of benzene rings is 2. The fourth-order valence-electron chi connectivity index (χ4n) is 2.87. The zero-order valence-corrected chi connectivity index (χ0v) is 22.1. The molecule has 2 aromatic carbocycles. The van der Waals surface area contributed by atoms with Crippen LogP contribution >= 0.6 is 23.5 Å². The second-order valence-corrected chi connectivity index (χ2v) is 8.78. The van der Waals surface area contributed by atoms with Crippen LogP contribution in [0.25, 0.3) is 0 Å². The number of nitrogens with zero attached hydrogens (tertiary/aromatic N) is 6. The number of nitrogen functional groups attached to an aromatic ring is 2. The van der Waals surface area contributed by atoms with Crippen molar-refractivity contribution in [2.75, 3.05) is 24.0 Å². The lowest BCUT2D eigenvalue weighted by Gasteiger charge is -2.08. The number of hydrogen-bond acceptors (Lipinski definition) is 14. The van der Waals surface area contributed by atoms with E-state index in [4.69, 9.17) is 20.9 Å². The van der Waals surface area contributed by atoms with Crippen LogP contribution in [0.5, 0.6) is 11.8 Å². The number of aromatic nitrogens is 4. The summed E-state index contributed by atoms with van der Waals surface area (Å²) < 4.78 is 11.0. The Morgan fingerprint density at radius 2 is 1.03 bits per heavy atom. The Balaban J connectivity index is 0.000000211. The summed E-state index contributed by atoms with van der Waals surface area (Å²) in [5, 5.41) is 6.52. The van der Waals surface area contributed by atoms with Crippen LogP contribution in [0.3, 0.4) is 0 Å². The van der Waals surface area contributed by atoms with E-state index in [1.807, 2.05) is 73.2 Å². The monoisotopic (exact) mass is 552 g/mol. The van der Waals surface area contributed by atoms with Gasteiger partial charge in [0, 0.05) is 0 Å². The van der Waals surface area contributed by atoms with Gasteiger partial charge >= 0.3 is 0 Å². The van der Waals surface area contributed by atoms with Crippen molar-refractivity contribution in [3.05, 3.63) is 81.6 Å². The fraction of sp³-hybridized carbons (Fsp3) is 0.167. The predicted molar refractivity (Wildman–Crippen MR) is 149 cm³/mol. The van der Waals surface area contributed by atoms with Crippen LogP contribution in [0.4, 0.5) is 23.0 Å². The van der Waals surface area contributed by atoms with Gasteiger partial charge in [0.2, 0.25) is 23.1 Å². The predicted octanol–water partition coefficient (Wildman–Crippen LogP) is 5.52. The molecule has 2 heterocycles. The third-order valence-electron chi connectivity index (χ3n) is 4.70. The van der Waals surface area contributed by atoms with E-state index in [1.165, 1.54) is 23.5 Å². The summed E-state index contributed by atoms with van der Waals surface area (Å²) in [5.74, 6) is 0.265. The minimum atomic E-state index is -0.0614. The summed E-state index contributed by atoms with van der Waals surface area (Å²) in [4.78, 5) is 37.6. The molecule has 0 saturated carbocycles. The Labute approximate surface area is 226 Å². The summed E-state index contributed by atoms with van der Waals surface area (Å²) in [6.07, 6.45) is 3.62. The molecule has 38 heavy (non-hydrogen) atoms. The molecule has 0 bridgehead atoms. The van der Waals surface area contributed by atoms with Crippen molar-refractivity contribution in [2.24, 2.45) is 10.4 Å². The molecule has 4 N–H and O–H groups in total. The van der Waals surface area contributed by atoms with Gasteiger partial charge in [-0.15, -0.1) is 9.81 Å². The number of nitroso groups, excluding NO2 is 2. The zero-order chi connectivity index (χ0) is 27.3. The minimum Gasteiger partial charge on any atom is -0.471 e. The van der Waals surface area contributed by atoms with Gasteiger partial charge in [0.25, 0.3) is 0 Å². The summed E-state index contributed by atoms with van der Waals surface area (Å²) in [7, 11) is 0. The van der Waals surface area contributed by atoms with Gasteiger partial charge in [0.05, 0.1) is 0 Å². The molecular formula is C24H24N8O4S2. The number of thioether (sulfide) groups is 2. The van der Waals surface area contributed by atoms with Crippen molar-refractivity contribution in [2.45, 2.75) is 23.5 Å². The van der Waals surface area contributed by atoms with Gasteiger partial charge in [-0.1, -0.05) is 84.2 Å². The van der Waals surface area contributed by atoms with Crippen LogP contribution in [0.2, 0.25) is 0 Å². The standard InChI is InChI=1S/2C12H12N4O2S/c2*1-19-12-14-10(13)9(16-17)11(15-12)18-7-8-5-3-2-4-6-8/h2*2-6H,7H2,1H3,(H2,13,14,15). The van der Waals surface area contributed by atoms with Crippen molar-refractivity contribution in [3.8, 4) is 11.8 Å². The van der Waals surface area contributed by atoms with E-state index in [0.29, 0.717) is 10.3 Å². The van der Waals surface area contributed by atoms with E-state index in [0.717, 1.165) is 11.1 Å². The molecule has 0 atom stereocenters. The van der Waals surface area contributed by atoms with Crippen molar-refractivity contribution < 1.29 is 9.47 Å². The Bertz CT molecular complexity index is 1260. The quantitative estimate of drug-likeness (QED) is 0.143. The van der Waals surface area contributed by atoms with Gasteiger partial charge in [-0.3, -0.25) is 0 Å². The summed E-state index contributed by atoms with van der Waals surface area (Å²) in [6, 6.07) is 19.1. The number of hydrogen-bond donors (Lipinski definition) is 2. The fourth-order valence-corrected chi connectivity index (χ4v) is 3.60. The third kappa shape index (κ3) is 7.85. The zero-order valence-electron chi connectivity index (χ0n) is 20.5. The summed E-state index contributed by atoms with van der Waals surface area (Å²) in [5.41, 5.74) is 13.1. The number of nitrogens with two attached hydrogens (primary N) is 2. The number of rotatable bonds is 10. The smallest absolute Gasteiger partial charge is 0.250 e. The largest absolute Gasteiger partial charge is 0.471 e. The highest BCUT2D eigenvalue weighted by atomic mass is 32.2. The molecule has 0 amide bonds. The molecule has 4 aromatic rings. The molecule has 0 aliphatic rings. The van der Waals surface area contributed by atoms with Crippen molar-refractivity contribution >= 4 is 46.5 Å². The first-order valence-corrected chi connectivity index (χ1v) is 13.4. The van der Waals surface area contributed by atoms with E-state index in [-0.39, 0.29) is 48.0 Å². The van der Waals surface area contributed by atoms with Crippen molar-refractivity contribution in [1.82, 2.24) is 19.9 Å². The van der Waals surface area contributed by atoms with Gasteiger partial charge in [0.15, 0.2) is 21.9 Å². The van der Waals surface area contributed by atoms with Crippen LogP contribution in [0.15, 0.2) is 81.3 Å². The molecule has 0 spiro atoms. The van der Waals surface area contributed by atoms with Crippen molar-refractivity contribution in [3.63, 3.8) is 0 Å². The molecule has 0 aliphatic carbocycles. The average Bonchev–Trinajstić information content (AvgIpc) is 2.95. The molecule has 0 radical (unpaired) electrons. The first-order valence-electron chi connectivity index (χ1n) is 10.9. The minimum absolute atomic E-state index is 0.0254. The molecule has 0 saturated heterocycles. The summed E-state index contributed by atoms with van der Waals surface area (Å²) in [6.45, 7) is 0.571. The molecule has 4 rings (SSSR count). The topological polar surface area (TPSA) is 181 Å². The van der Waals surface area contributed by atoms with Gasteiger partial charge in [0.1, 0.15) is 13.2 Å². The van der Waals surface area contributed by atoms with Crippen LogP contribution in [0.1, 0.15) is 11.1 Å². The normalized spacial score (nSPS) is 10.2. The first-order chi connectivity index (χ1) is 18.5. The molecule has 14 heteroatoms. The number of anilines is 2. The highest BCUT2D eigenvalue weighted by Crippen LogP contribution is 2.33. The maximum Gasteiger partial charge on any atom is 0.250 e. The molecular weight excluding hydrogens is 528 g/mol. The summed E-state index contributed by atoms with van der Waals surface area (Å²) >= 11 is 2.62. The lowest BCUT2D eigenvalue weighted by atomic mass is 10.2. The SMILES string of the molecule is CSc1nc(N)c(N=O)c(OCc2ccccc2)n1.CSc1nc(N)c(N=O)c(OCc2ccccc2)n1. The maximum atomic E-state index is 10.8. The van der Waals surface area contributed by atoms with E-state index < -0.39 is 0 Å². The maximum absolute atomic E-state index is 10.8. The van der Waals surface area contributed by atoms with E-state index >= 15 is 0 Å². The molecule has 0 aliphatic heterocycles. The molecule has 2 aromatic heterocycles. The highest BCUT2D eigenvalue weighted by Gasteiger charge is 2.15. The average molecular weight is 553 g/mol. The molecule has 0 unspecified atom stereocenters. The first kappa shape index (κ1) is 28.3. The molecule has 196 valence electrons. The Hall–Kier alpha value is -4.30.